The van der Waals surface area contributed by atoms with E-state index in [4.69, 9.17) is 5.73 Å². The first-order valence-corrected chi connectivity index (χ1v) is 6.54. The lowest BCUT2D eigenvalue weighted by molar-refractivity contribution is 0.275. The van der Waals surface area contributed by atoms with E-state index in [0.717, 1.165) is 29.2 Å². The van der Waals surface area contributed by atoms with Gasteiger partial charge in [-0.15, -0.1) is 0 Å². The second-order valence-corrected chi connectivity index (χ2v) is 5.42. The number of rotatable bonds is 5. The zero-order valence-corrected chi connectivity index (χ0v) is 11.9. The van der Waals surface area contributed by atoms with E-state index in [1.54, 1.807) is 0 Å². The van der Waals surface area contributed by atoms with Crippen molar-refractivity contribution in [2.45, 2.75) is 26.8 Å². The Kier molecular flexibility index (Phi) is 5.29. The first-order chi connectivity index (χ1) is 7.52. The lowest BCUT2D eigenvalue weighted by Crippen LogP contribution is -2.23. The van der Waals surface area contributed by atoms with Gasteiger partial charge >= 0.3 is 0 Å². The molecule has 16 heavy (non-hydrogen) atoms. The lowest BCUT2D eigenvalue weighted by atomic mass is 10.1. The molecule has 0 aromatic heterocycles. The van der Waals surface area contributed by atoms with E-state index >= 15 is 0 Å². The molecule has 3 heteroatoms. The molecule has 1 atom stereocenters. The van der Waals surface area contributed by atoms with Crippen LogP contribution in [-0.4, -0.2) is 18.5 Å². The molecule has 0 saturated heterocycles. The monoisotopic (exact) mass is 284 g/mol. The molecule has 0 fully saturated rings. The highest BCUT2D eigenvalue weighted by molar-refractivity contribution is 9.10. The Morgan fingerprint density at radius 3 is 2.75 bits per heavy atom. The summed E-state index contributed by atoms with van der Waals surface area (Å²) in [5.74, 6) is 0.741. The molecule has 0 radical (unpaired) electrons. The molecular weight excluding hydrogens is 264 g/mol. The molecule has 90 valence electrons. The Morgan fingerprint density at radius 1 is 1.44 bits per heavy atom. The number of anilines is 1. The Hall–Kier alpha value is -0.540. The van der Waals surface area contributed by atoms with Gasteiger partial charge in [-0.1, -0.05) is 36.2 Å². The van der Waals surface area contributed by atoms with Crippen LogP contribution in [0.15, 0.2) is 22.7 Å². The van der Waals surface area contributed by atoms with Crippen molar-refractivity contribution in [2.24, 2.45) is 5.92 Å². The third-order valence-electron chi connectivity index (χ3n) is 2.83. The van der Waals surface area contributed by atoms with E-state index in [9.17, 15) is 0 Å². The first kappa shape index (κ1) is 13.5. The highest BCUT2D eigenvalue weighted by atomic mass is 79.9. The molecule has 0 spiro atoms. The van der Waals surface area contributed by atoms with Crippen molar-refractivity contribution >= 4 is 21.6 Å². The third kappa shape index (κ3) is 4.14. The van der Waals surface area contributed by atoms with Crippen molar-refractivity contribution in [1.82, 2.24) is 4.90 Å². The maximum absolute atomic E-state index is 5.79. The highest BCUT2D eigenvalue weighted by Crippen LogP contribution is 2.21. The average Bonchev–Trinajstić information content (AvgIpc) is 2.23. The van der Waals surface area contributed by atoms with Crippen LogP contribution < -0.4 is 5.73 Å². The average molecular weight is 285 g/mol. The maximum atomic E-state index is 5.79. The summed E-state index contributed by atoms with van der Waals surface area (Å²) in [4.78, 5) is 2.34. The summed E-state index contributed by atoms with van der Waals surface area (Å²) in [6.07, 6.45) is 1.22. The number of nitrogens with two attached hydrogens (primary N) is 1. The van der Waals surface area contributed by atoms with Crippen molar-refractivity contribution < 1.29 is 0 Å². The van der Waals surface area contributed by atoms with Gasteiger partial charge in [-0.05, 0) is 36.7 Å². The molecule has 1 rings (SSSR count). The van der Waals surface area contributed by atoms with E-state index in [1.807, 2.05) is 18.2 Å². The fraction of sp³-hybridized carbons (Fsp3) is 0.538. The van der Waals surface area contributed by atoms with Crippen LogP contribution in [0.1, 0.15) is 25.8 Å². The Bertz CT molecular complexity index is 339. The van der Waals surface area contributed by atoms with Gasteiger partial charge in [-0.2, -0.15) is 0 Å². The molecule has 1 aromatic carbocycles. The van der Waals surface area contributed by atoms with E-state index in [0.29, 0.717) is 0 Å². The summed E-state index contributed by atoms with van der Waals surface area (Å²) in [6.45, 7) is 6.58. The topological polar surface area (TPSA) is 29.3 Å². The summed E-state index contributed by atoms with van der Waals surface area (Å²) >= 11 is 3.56. The van der Waals surface area contributed by atoms with Crippen molar-refractivity contribution in [3.8, 4) is 0 Å². The fourth-order valence-electron chi connectivity index (χ4n) is 1.73. The minimum Gasteiger partial charge on any atom is -0.399 e. The van der Waals surface area contributed by atoms with E-state index in [2.05, 4.69) is 41.7 Å². The fourth-order valence-corrected chi connectivity index (χ4v) is 2.10. The van der Waals surface area contributed by atoms with Gasteiger partial charge in [-0.3, -0.25) is 0 Å². The number of benzene rings is 1. The van der Waals surface area contributed by atoms with Crippen LogP contribution in [0, 0.1) is 5.92 Å². The molecule has 2 nitrogen and oxygen atoms in total. The quantitative estimate of drug-likeness (QED) is 0.839. The van der Waals surface area contributed by atoms with Gasteiger partial charge in [0.1, 0.15) is 0 Å². The summed E-state index contributed by atoms with van der Waals surface area (Å²) < 4.78 is 1.14. The molecule has 0 aliphatic heterocycles. The molecular formula is C13H21BrN2. The summed E-state index contributed by atoms with van der Waals surface area (Å²) in [6, 6.07) is 5.97. The third-order valence-corrected chi connectivity index (χ3v) is 3.60. The van der Waals surface area contributed by atoms with Crippen LogP contribution in [0.2, 0.25) is 0 Å². The van der Waals surface area contributed by atoms with Crippen molar-refractivity contribution in [3.05, 3.63) is 28.2 Å². The highest BCUT2D eigenvalue weighted by Gasteiger charge is 2.07. The Labute approximate surface area is 107 Å². The van der Waals surface area contributed by atoms with E-state index in [1.165, 1.54) is 12.0 Å². The number of halogens is 1. The normalized spacial score (nSPS) is 13.1. The van der Waals surface area contributed by atoms with Crippen LogP contribution in [0.4, 0.5) is 5.69 Å². The molecule has 1 unspecified atom stereocenters. The van der Waals surface area contributed by atoms with Crippen molar-refractivity contribution in [3.63, 3.8) is 0 Å². The smallest absolute Gasteiger partial charge is 0.0318 e. The summed E-state index contributed by atoms with van der Waals surface area (Å²) in [7, 11) is 2.15. The number of hydrogen-bond donors (Lipinski definition) is 1. The second kappa shape index (κ2) is 6.26. The molecule has 0 amide bonds. The lowest BCUT2D eigenvalue weighted by Gasteiger charge is -2.21. The zero-order valence-electron chi connectivity index (χ0n) is 10.3. The minimum atomic E-state index is 0.741. The van der Waals surface area contributed by atoms with Crippen LogP contribution >= 0.6 is 15.9 Å². The Balaban J connectivity index is 2.61. The molecule has 0 bridgehead atoms. The predicted molar refractivity (Wildman–Crippen MR) is 74.3 cm³/mol. The SMILES string of the molecule is CCC(C)CN(C)Cc1cc(N)ccc1Br. The second-order valence-electron chi connectivity index (χ2n) is 4.56. The molecule has 1 aromatic rings. The maximum Gasteiger partial charge on any atom is 0.0318 e. The standard InChI is InChI=1S/C13H21BrN2/c1-4-10(2)8-16(3)9-11-7-12(15)5-6-13(11)14/h5-7,10H,4,8-9,15H2,1-3H3. The molecule has 2 N–H and O–H groups in total. The molecule has 0 aliphatic rings. The van der Waals surface area contributed by atoms with Gasteiger partial charge < -0.3 is 10.6 Å². The van der Waals surface area contributed by atoms with Gasteiger partial charge in [0.25, 0.3) is 0 Å². The number of nitrogens with zero attached hydrogens (tertiary/aromatic N) is 1. The predicted octanol–water partition coefficient (Wildman–Crippen LogP) is 3.51. The van der Waals surface area contributed by atoms with Crippen molar-refractivity contribution in [1.29, 1.82) is 0 Å². The first-order valence-electron chi connectivity index (χ1n) is 5.75. The van der Waals surface area contributed by atoms with Gasteiger partial charge in [0, 0.05) is 23.2 Å². The van der Waals surface area contributed by atoms with Crippen LogP contribution in [-0.2, 0) is 6.54 Å². The Morgan fingerprint density at radius 2 is 2.12 bits per heavy atom. The van der Waals surface area contributed by atoms with Gasteiger partial charge in [0.05, 0.1) is 0 Å². The summed E-state index contributed by atoms with van der Waals surface area (Å²) in [5.41, 5.74) is 7.88. The summed E-state index contributed by atoms with van der Waals surface area (Å²) in [5, 5.41) is 0. The zero-order chi connectivity index (χ0) is 12.1. The number of nitrogen functional groups attached to an aromatic ring is 1. The number of hydrogen-bond acceptors (Lipinski definition) is 2. The van der Waals surface area contributed by atoms with Gasteiger partial charge in [0.2, 0.25) is 0 Å². The van der Waals surface area contributed by atoms with Gasteiger partial charge in [-0.25, -0.2) is 0 Å². The van der Waals surface area contributed by atoms with Crippen LogP contribution in [0.5, 0.6) is 0 Å². The molecule has 0 heterocycles. The van der Waals surface area contributed by atoms with E-state index < -0.39 is 0 Å². The van der Waals surface area contributed by atoms with Gasteiger partial charge in [0.15, 0.2) is 0 Å². The van der Waals surface area contributed by atoms with E-state index in [-0.39, 0.29) is 0 Å². The molecule has 0 saturated carbocycles. The van der Waals surface area contributed by atoms with Crippen molar-refractivity contribution in [2.75, 3.05) is 19.3 Å². The minimum absolute atomic E-state index is 0.741. The van der Waals surface area contributed by atoms with Crippen LogP contribution in [0.25, 0.3) is 0 Å². The van der Waals surface area contributed by atoms with Crippen LogP contribution in [0.3, 0.4) is 0 Å². The largest absolute Gasteiger partial charge is 0.399 e. The molecule has 0 aliphatic carbocycles.